The highest BCUT2D eigenvalue weighted by Gasteiger charge is 2.24. The van der Waals surface area contributed by atoms with E-state index in [1.54, 1.807) is 25.1 Å². The molecule has 1 unspecified atom stereocenters. The van der Waals surface area contributed by atoms with Crippen LogP contribution in [0.25, 0.3) is 11.0 Å². The summed E-state index contributed by atoms with van der Waals surface area (Å²) in [6.45, 7) is 8.84. The van der Waals surface area contributed by atoms with Crippen LogP contribution in [0.4, 0.5) is 0 Å². The second-order valence-electron chi connectivity index (χ2n) is 7.09. The van der Waals surface area contributed by atoms with Crippen molar-refractivity contribution in [1.29, 1.82) is 0 Å². The third kappa shape index (κ3) is 4.87. The topological polar surface area (TPSA) is 106 Å². The smallest absolute Gasteiger partial charge is 0.339 e. The number of aliphatic carboxylic acids is 1. The fourth-order valence-electron chi connectivity index (χ4n) is 2.74. The average molecular weight is 375 g/mol. The van der Waals surface area contributed by atoms with Crippen LogP contribution in [0.2, 0.25) is 0 Å². The molecule has 1 aromatic carbocycles. The summed E-state index contributed by atoms with van der Waals surface area (Å²) in [4.78, 5) is 35.4. The number of hydrogen-bond donors (Lipinski definition) is 2. The fourth-order valence-corrected chi connectivity index (χ4v) is 2.74. The summed E-state index contributed by atoms with van der Waals surface area (Å²) in [5.74, 6) is -1.13. The zero-order valence-electron chi connectivity index (χ0n) is 16.2. The number of carboxylic acids is 1. The Morgan fingerprint density at radius 1 is 1.19 bits per heavy atom. The van der Waals surface area contributed by atoms with E-state index in [4.69, 9.17) is 9.15 Å². The second-order valence-corrected chi connectivity index (χ2v) is 7.09. The van der Waals surface area contributed by atoms with Gasteiger partial charge in [0.2, 0.25) is 0 Å². The van der Waals surface area contributed by atoms with Gasteiger partial charge < -0.3 is 19.6 Å². The van der Waals surface area contributed by atoms with Crippen molar-refractivity contribution < 1.29 is 23.8 Å². The predicted molar refractivity (Wildman–Crippen MR) is 101 cm³/mol. The van der Waals surface area contributed by atoms with E-state index in [1.807, 2.05) is 20.8 Å². The largest absolute Gasteiger partial charge is 0.481 e. The molecule has 0 aliphatic carbocycles. The standard InChI is InChI=1S/C20H25NO6/c1-10(2)8-16(19(23)24)21-18(22)13(5)26-14-6-7-15-11(3)12(4)20(25)27-17(15)9-14/h6-7,9-10,13,16H,8H2,1-5H3,(H,21,22)(H,23,24)/t13?,16-/m0/s1. The van der Waals surface area contributed by atoms with Gasteiger partial charge in [-0.15, -0.1) is 0 Å². The van der Waals surface area contributed by atoms with Crippen molar-refractivity contribution in [3.8, 4) is 5.75 Å². The summed E-state index contributed by atoms with van der Waals surface area (Å²) < 4.78 is 10.9. The Balaban J connectivity index is 2.16. The van der Waals surface area contributed by atoms with Gasteiger partial charge in [-0.1, -0.05) is 13.8 Å². The van der Waals surface area contributed by atoms with Crippen LogP contribution in [0, 0.1) is 19.8 Å². The summed E-state index contributed by atoms with van der Waals surface area (Å²) in [5.41, 5.74) is 1.34. The number of rotatable bonds is 7. The van der Waals surface area contributed by atoms with Crippen molar-refractivity contribution in [3.63, 3.8) is 0 Å². The fraction of sp³-hybridized carbons (Fsp3) is 0.450. The van der Waals surface area contributed by atoms with Gasteiger partial charge in [-0.25, -0.2) is 9.59 Å². The number of aryl methyl sites for hydroxylation is 1. The first-order chi connectivity index (χ1) is 12.6. The van der Waals surface area contributed by atoms with Crippen LogP contribution >= 0.6 is 0 Å². The van der Waals surface area contributed by atoms with Crippen LogP contribution in [0.1, 0.15) is 38.3 Å². The SMILES string of the molecule is Cc1c(C)c2ccc(OC(C)C(=O)N[C@@H](CC(C)C)C(=O)O)cc2oc1=O. The molecule has 0 radical (unpaired) electrons. The molecule has 1 amide bonds. The molecule has 2 atom stereocenters. The molecule has 2 rings (SSSR count). The Morgan fingerprint density at radius 3 is 2.44 bits per heavy atom. The Labute approximate surface area is 157 Å². The molecule has 27 heavy (non-hydrogen) atoms. The normalized spacial score (nSPS) is 13.4. The maximum Gasteiger partial charge on any atom is 0.339 e. The van der Waals surface area contributed by atoms with Crippen molar-refractivity contribution in [3.05, 3.63) is 39.7 Å². The van der Waals surface area contributed by atoms with Crippen LogP contribution in [-0.4, -0.2) is 29.1 Å². The lowest BCUT2D eigenvalue weighted by molar-refractivity contribution is -0.143. The molecule has 1 aromatic heterocycles. The van der Waals surface area contributed by atoms with E-state index in [0.29, 0.717) is 23.3 Å². The summed E-state index contributed by atoms with van der Waals surface area (Å²) >= 11 is 0. The number of hydrogen-bond acceptors (Lipinski definition) is 5. The Kier molecular flexibility index (Phi) is 6.25. The number of ether oxygens (including phenoxy) is 1. The van der Waals surface area contributed by atoms with E-state index in [-0.39, 0.29) is 5.92 Å². The zero-order chi connectivity index (χ0) is 20.3. The number of carbonyl (C=O) groups excluding carboxylic acids is 1. The number of fused-ring (bicyclic) bond motifs is 1. The van der Waals surface area contributed by atoms with Gasteiger partial charge in [-0.3, -0.25) is 4.79 Å². The predicted octanol–water partition coefficient (Wildman–Crippen LogP) is 2.79. The van der Waals surface area contributed by atoms with Crippen LogP contribution in [0.3, 0.4) is 0 Å². The van der Waals surface area contributed by atoms with Gasteiger partial charge in [0.1, 0.15) is 17.4 Å². The Morgan fingerprint density at radius 2 is 1.85 bits per heavy atom. The molecular formula is C20H25NO6. The lowest BCUT2D eigenvalue weighted by Crippen LogP contribution is -2.46. The Hall–Kier alpha value is -2.83. The average Bonchev–Trinajstić information content (AvgIpc) is 2.58. The second kappa shape index (κ2) is 8.24. The van der Waals surface area contributed by atoms with Crippen LogP contribution in [0.15, 0.2) is 27.4 Å². The van der Waals surface area contributed by atoms with Gasteiger partial charge in [0.25, 0.3) is 5.91 Å². The van der Waals surface area contributed by atoms with E-state index in [1.165, 1.54) is 6.92 Å². The molecule has 0 aliphatic rings. The minimum Gasteiger partial charge on any atom is -0.481 e. The molecule has 7 heteroatoms. The third-order valence-electron chi connectivity index (χ3n) is 4.43. The summed E-state index contributed by atoms with van der Waals surface area (Å²) in [5, 5.41) is 12.5. The molecule has 2 N–H and O–H groups in total. The molecular weight excluding hydrogens is 350 g/mol. The van der Waals surface area contributed by atoms with Crippen molar-refractivity contribution in [2.75, 3.05) is 0 Å². The summed E-state index contributed by atoms with van der Waals surface area (Å²) in [6.07, 6.45) is -0.581. The lowest BCUT2D eigenvalue weighted by atomic mass is 10.0. The summed E-state index contributed by atoms with van der Waals surface area (Å²) in [6, 6.07) is 4.03. The first kappa shape index (κ1) is 20.5. The monoisotopic (exact) mass is 375 g/mol. The molecule has 0 aliphatic heterocycles. The highest BCUT2D eigenvalue weighted by Crippen LogP contribution is 2.24. The minimum absolute atomic E-state index is 0.123. The van der Waals surface area contributed by atoms with Crippen molar-refractivity contribution >= 4 is 22.8 Å². The molecule has 0 saturated carbocycles. The van der Waals surface area contributed by atoms with Crippen LogP contribution in [-0.2, 0) is 9.59 Å². The molecule has 2 aromatic rings. The molecule has 0 spiro atoms. The highest BCUT2D eigenvalue weighted by molar-refractivity contribution is 5.86. The molecule has 0 bridgehead atoms. The highest BCUT2D eigenvalue weighted by atomic mass is 16.5. The first-order valence-corrected chi connectivity index (χ1v) is 8.84. The van der Waals surface area contributed by atoms with E-state index >= 15 is 0 Å². The van der Waals surface area contributed by atoms with Gasteiger partial charge in [-0.2, -0.15) is 0 Å². The molecule has 0 saturated heterocycles. The van der Waals surface area contributed by atoms with E-state index < -0.39 is 29.6 Å². The Bertz CT molecular complexity index is 915. The maximum atomic E-state index is 12.3. The number of carboxylic acid groups (broad SMARTS) is 1. The minimum atomic E-state index is -1.08. The van der Waals surface area contributed by atoms with Gasteiger partial charge in [0.05, 0.1) is 0 Å². The van der Waals surface area contributed by atoms with Crippen molar-refractivity contribution in [2.24, 2.45) is 5.92 Å². The number of benzene rings is 1. The van der Waals surface area contributed by atoms with Crippen molar-refractivity contribution in [2.45, 2.75) is 53.2 Å². The number of carbonyl (C=O) groups is 2. The number of nitrogens with one attached hydrogen (secondary N) is 1. The summed E-state index contributed by atoms with van der Waals surface area (Å²) in [7, 11) is 0. The van der Waals surface area contributed by atoms with Crippen LogP contribution in [0.5, 0.6) is 5.75 Å². The van der Waals surface area contributed by atoms with Gasteiger partial charge in [0, 0.05) is 17.0 Å². The zero-order valence-corrected chi connectivity index (χ0v) is 16.2. The lowest BCUT2D eigenvalue weighted by Gasteiger charge is -2.20. The van der Waals surface area contributed by atoms with Gasteiger partial charge >= 0.3 is 11.6 Å². The van der Waals surface area contributed by atoms with Crippen molar-refractivity contribution in [1.82, 2.24) is 5.32 Å². The van der Waals surface area contributed by atoms with Crippen LogP contribution < -0.4 is 15.7 Å². The maximum absolute atomic E-state index is 12.3. The van der Waals surface area contributed by atoms with E-state index in [2.05, 4.69) is 5.32 Å². The van der Waals surface area contributed by atoms with E-state index in [0.717, 1.165) is 10.9 Å². The molecule has 0 fully saturated rings. The number of amides is 1. The first-order valence-electron chi connectivity index (χ1n) is 8.84. The molecule has 146 valence electrons. The molecule has 1 heterocycles. The van der Waals surface area contributed by atoms with E-state index in [9.17, 15) is 19.5 Å². The van der Waals surface area contributed by atoms with Gasteiger partial charge in [0.15, 0.2) is 6.10 Å². The van der Waals surface area contributed by atoms with Gasteiger partial charge in [-0.05, 0) is 50.8 Å². The molecule has 7 nitrogen and oxygen atoms in total. The quantitative estimate of drug-likeness (QED) is 0.721. The third-order valence-corrected chi connectivity index (χ3v) is 4.43.